The Hall–Kier alpha value is 0.274. The Morgan fingerprint density at radius 2 is 0.786 bits per heavy atom. The largest absolute Gasteiger partial charge is 0.354 e. The van der Waals surface area contributed by atoms with Gasteiger partial charge in [0.15, 0.2) is 0 Å². The Morgan fingerprint density at radius 3 is 1.00 bits per heavy atom. The van der Waals surface area contributed by atoms with E-state index >= 15 is 0 Å². The van der Waals surface area contributed by atoms with Crippen LogP contribution in [0.1, 0.15) is 92.9 Å². The van der Waals surface area contributed by atoms with Gasteiger partial charge >= 0.3 is 0 Å². The lowest BCUT2D eigenvalue weighted by molar-refractivity contribution is -0.183. The molecule has 28 heavy (non-hydrogen) atoms. The summed E-state index contributed by atoms with van der Waals surface area (Å²) in [5, 5.41) is 0. The molecule has 0 unspecified atom stereocenters. The molecule has 0 aromatic heterocycles. The molecule has 0 saturated carbocycles. The maximum Gasteiger partial charge on any atom is 0.144 e. The monoisotopic (exact) mass is 434 g/mol. The molecule has 0 aromatic carbocycles. The lowest BCUT2D eigenvalue weighted by Gasteiger charge is -2.34. The van der Waals surface area contributed by atoms with Crippen LogP contribution < -0.4 is 0 Å². The average Bonchev–Trinajstić information content (AvgIpc) is 2.73. The highest BCUT2D eigenvalue weighted by Crippen LogP contribution is 2.23. The summed E-state index contributed by atoms with van der Waals surface area (Å²) in [6.07, 6.45) is 8.82. The van der Waals surface area contributed by atoms with Gasteiger partial charge in [0.25, 0.3) is 0 Å². The molecule has 0 aliphatic heterocycles. The summed E-state index contributed by atoms with van der Waals surface area (Å²) in [4.78, 5) is 0. The molecule has 4 nitrogen and oxygen atoms in total. The van der Waals surface area contributed by atoms with Crippen molar-refractivity contribution in [2.24, 2.45) is 0 Å². The van der Waals surface area contributed by atoms with Crippen molar-refractivity contribution in [3.63, 3.8) is 0 Å². The van der Waals surface area contributed by atoms with E-state index in [4.69, 9.17) is 18.9 Å². The van der Waals surface area contributed by atoms with Gasteiger partial charge in [-0.3, -0.25) is 0 Å². The van der Waals surface area contributed by atoms with Crippen molar-refractivity contribution >= 4 is 19.0 Å². The summed E-state index contributed by atoms with van der Waals surface area (Å²) in [6.45, 7) is 16.4. The van der Waals surface area contributed by atoms with Gasteiger partial charge in [0.05, 0.1) is 19.0 Å². The second-order valence-electron chi connectivity index (χ2n) is 7.84. The van der Waals surface area contributed by atoms with E-state index in [1.807, 2.05) is 0 Å². The zero-order chi connectivity index (χ0) is 21.1. The van der Waals surface area contributed by atoms with Crippen molar-refractivity contribution in [1.29, 1.82) is 0 Å². The molecular weight excluding hydrogens is 384 g/mol. The molecule has 0 saturated heterocycles. The van der Waals surface area contributed by atoms with Crippen LogP contribution in [0.5, 0.6) is 0 Å². The van der Waals surface area contributed by atoms with Crippen LogP contribution in [0.4, 0.5) is 0 Å². The molecule has 0 radical (unpaired) electrons. The fraction of sp³-hybridized carbons (Fsp3) is 1.00. The van der Waals surface area contributed by atoms with Gasteiger partial charge in [0.2, 0.25) is 0 Å². The molecule has 6 heteroatoms. The first-order chi connectivity index (χ1) is 13.6. The molecule has 0 rings (SSSR count). The minimum Gasteiger partial charge on any atom is -0.354 e. The van der Waals surface area contributed by atoms with Gasteiger partial charge in [-0.15, -0.1) is 0 Å². The summed E-state index contributed by atoms with van der Waals surface area (Å²) in [6, 6.07) is 2.61. The highest BCUT2D eigenvalue weighted by molar-refractivity contribution is 6.39. The minimum atomic E-state index is -0.408. The summed E-state index contributed by atoms with van der Waals surface area (Å²) in [5.74, 6) is 0. The molecule has 0 N–H and O–H groups in total. The zero-order valence-electron chi connectivity index (χ0n) is 19.9. The second-order valence-corrected chi connectivity index (χ2v) is 12.4. The van der Waals surface area contributed by atoms with Crippen LogP contribution in [0.15, 0.2) is 0 Å². The molecule has 0 heterocycles. The molecule has 0 amide bonds. The van der Waals surface area contributed by atoms with E-state index in [1.165, 1.54) is 24.9 Å². The van der Waals surface area contributed by atoms with E-state index in [0.717, 1.165) is 65.0 Å². The number of hydrogen-bond donors (Lipinski definition) is 0. The molecule has 0 aliphatic rings. The van der Waals surface area contributed by atoms with Crippen LogP contribution >= 0.6 is 0 Å². The smallest absolute Gasteiger partial charge is 0.144 e. The van der Waals surface area contributed by atoms with Crippen LogP contribution in [0.3, 0.4) is 0 Å². The van der Waals surface area contributed by atoms with E-state index in [-0.39, 0.29) is 10.8 Å². The topological polar surface area (TPSA) is 36.9 Å². The first-order valence-corrected chi connectivity index (χ1v) is 15.5. The van der Waals surface area contributed by atoms with E-state index in [9.17, 15) is 0 Å². The van der Waals surface area contributed by atoms with E-state index < -0.39 is 19.0 Å². The number of ether oxygens (including phenoxy) is 4. The predicted octanol–water partition coefficient (Wildman–Crippen LogP) is 4.77. The van der Waals surface area contributed by atoms with Gasteiger partial charge in [-0.2, -0.15) is 0 Å². The van der Waals surface area contributed by atoms with Crippen LogP contribution in [0, 0.1) is 0 Å². The van der Waals surface area contributed by atoms with Crippen molar-refractivity contribution in [2.45, 2.75) is 116 Å². The molecule has 0 atom stereocenters. The number of rotatable bonds is 21. The van der Waals surface area contributed by atoms with Crippen molar-refractivity contribution in [2.75, 3.05) is 26.4 Å². The highest BCUT2D eigenvalue weighted by atomic mass is 28.2. The quantitative estimate of drug-likeness (QED) is 0.148. The SMILES string of the molecule is CCCOC(CC)(OCCC)[SiH2]CCCC[SiH2]C(CC)(OCCC)OCCC. The van der Waals surface area contributed by atoms with Crippen molar-refractivity contribution in [1.82, 2.24) is 0 Å². The molecule has 0 bridgehead atoms. The van der Waals surface area contributed by atoms with Gasteiger partial charge in [-0.1, -0.05) is 66.5 Å². The van der Waals surface area contributed by atoms with Crippen molar-refractivity contribution in [3.8, 4) is 0 Å². The second kappa shape index (κ2) is 18.1. The number of hydrogen-bond acceptors (Lipinski definition) is 4. The summed E-state index contributed by atoms with van der Waals surface area (Å²) >= 11 is 0. The average molecular weight is 435 g/mol. The van der Waals surface area contributed by atoms with E-state index in [0.29, 0.717) is 0 Å². The predicted molar refractivity (Wildman–Crippen MR) is 127 cm³/mol. The van der Waals surface area contributed by atoms with Gasteiger partial charge in [-0.05, 0) is 38.5 Å². The maximum atomic E-state index is 6.21. The summed E-state index contributed by atoms with van der Waals surface area (Å²) in [7, 11) is -0.815. The molecule has 0 aromatic rings. The lowest BCUT2D eigenvalue weighted by atomic mass is 10.4. The standard InChI is InChI=1S/C22H50O4Si2/c1-7-15-23-21(11-5,24-16-8-2)27-19-13-14-20-28-22(12-6,25-17-9-3)26-18-10-4/h7-20,27-28H2,1-6H3. The van der Waals surface area contributed by atoms with E-state index in [1.54, 1.807) is 0 Å². The Balaban J connectivity index is 4.39. The van der Waals surface area contributed by atoms with Crippen LogP contribution in [-0.4, -0.2) is 56.3 Å². The third-order valence-corrected chi connectivity index (χ3v) is 10.3. The third kappa shape index (κ3) is 12.1. The first-order valence-electron chi connectivity index (χ1n) is 12.1. The Labute approximate surface area is 180 Å². The molecule has 0 fully saturated rings. The van der Waals surface area contributed by atoms with Crippen molar-refractivity contribution < 1.29 is 18.9 Å². The fourth-order valence-electron chi connectivity index (χ4n) is 3.43. The molecule has 0 aliphatic carbocycles. The normalized spacial score (nSPS) is 13.5. The van der Waals surface area contributed by atoms with Crippen LogP contribution in [0.2, 0.25) is 12.1 Å². The minimum absolute atomic E-state index is 0.231. The summed E-state index contributed by atoms with van der Waals surface area (Å²) in [5.41, 5.74) is -0.462. The molecule has 170 valence electrons. The third-order valence-electron chi connectivity index (χ3n) is 5.22. The van der Waals surface area contributed by atoms with E-state index in [2.05, 4.69) is 41.5 Å². The van der Waals surface area contributed by atoms with Crippen molar-refractivity contribution in [3.05, 3.63) is 0 Å². The first kappa shape index (κ1) is 28.3. The van der Waals surface area contributed by atoms with Gasteiger partial charge in [0.1, 0.15) is 10.8 Å². The van der Waals surface area contributed by atoms with Gasteiger partial charge in [-0.25, -0.2) is 0 Å². The number of unbranched alkanes of at least 4 members (excludes halogenated alkanes) is 1. The van der Waals surface area contributed by atoms with Gasteiger partial charge < -0.3 is 18.9 Å². The maximum absolute atomic E-state index is 6.21. The van der Waals surface area contributed by atoms with Crippen LogP contribution in [0.25, 0.3) is 0 Å². The Morgan fingerprint density at radius 1 is 0.500 bits per heavy atom. The van der Waals surface area contributed by atoms with Crippen LogP contribution in [-0.2, 0) is 18.9 Å². The fourth-order valence-corrected chi connectivity index (χ4v) is 7.57. The molecule has 0 spiro atoms. The summed E-state index contributed by atoms with van der Waals surface area (Å²) < 4.78 is 24.8. The zero-order valence-corrected chi connectivity index (χ0v) is 22.8. The highest BCUT2D eigenvalue weighted by Gasteiger charge is 2.30. The Bertz CT molecular complexity index is 294. The Kier molecular flexibility index (Phi) is 18.3. The van der Waals surface area contributed by atoms with Gasteiger partial charge in [0, 0.05) is 26.4 Å². The molecular formula is C22H50O4Si2. The lowest BCUT2D eigenvalue weighted by Crippen LogP contribution is -2.43.